The fraction of sp³-hybridized carbons (Fsp3) is 0.368. The summed E-state index contributed by atoms with van der Waals surface area (Å²) < 4.78 is 59.6. The number of amidine groups is 1. The Hall–Kier alpha value is -2.54. The van der Waals surface area contributed by atoms with Crippen molar-refractivity contribution < 1.29 is 26.4 Å². The lowest BCUT2D eigenvalue weighted by atomic mass is 10.1. The zero-order valence-electron chi connectivity index (χ0n) is 16.8. The van der Waals surface area contributed by atoms with Crippen LogP contribution in [-0.2, 0) is 29.6 Å². The predicted octanol–water partition coefficient (Wildman–Crippen LogP) is 0.452. The van der Waals surface area contributed by atoms with Crippen LogP contribution in [0.25, 0.3) is 0 Å². The number of fused-ring (bicyclic) bond motifs is 1. The second-order valence-corrected chi connectivity index (χ2v) is 11.0. The number of hydrogen-bond acceptors (Lipinski definition) is 7. The fourth-order valence-corrected chi connectivity index (χ4v) is 6.05. The highest BCUT2D eigenvalue weighted by Gasteiger charge is 2.29. The number of benzene rings is 1. The number of amides is 1. The van der Waals surface area contributed by atoms with Crippen LogP contribution in [0, 0.1) is 6.92 Å². The lowest BCUT2D eigenvalue weighted by molar-refractivity contribution is -0.112. The van der Waals surface area contributed by atoms with Crippen LogP contribution in [0.4, 0.5) is 5.69 Å². The molecule has 1 fully saturated rings. The maximum absolute atomic E-state index is 13.0. The Labute approximate surface area is 181 Å². The first-order chi connectivity index (χ1) is 14.7. The monoisotopic (exact) mass is 466 g/mol. The number of anilines is 1. The lowest BCUT2D eigenvalue weighted by Crippen LogP contribution is -2.40. The average molecular weight is 467 g/mol. The van der Waals surface area contributed by atoms with Crippen LogP contribution in [0.15, 0.2) is 51.4 Å². The molecule has 1 saturated heterocycles. The van der Waals surface area contributed by atoms with Gasteiger partial charge in [-0.25, -0.2) is 16.8 Å². The molecule has 3 heterocycles. The van der Waals surface area contributed by atoms with Crippen LogP contribution in [-0.4, -0.2) is 76.4 Å². The van der Waals surface area contributed by atoms with Gasteiger partial charge in [-0.3, -0.25) is 4.79 Å². The summed E-state index contributed by atoms with van der Waals surface area (Å²) in [6.45, 7) is 3.17. The summed E-state index contributed by atoms with van der Waals surface area (Å²) in [6.07, 6.45) is 4.47. The maximum atomic E-state index is 13.0. The molecule has 10 nitrogen and oxygen atoms in total. The topological polar surface area (TPSA) is 125 Å². The number of nitrogens with zero attached hydrogens (tertiary/aromatic N) is 3. The van der Waals surface area contributed by atoms with E-state index in [-0.39, 0.29) is 36.1 Å². The molecule has 0 atom stereocenters. The van der Waals surface area contributed by atoms with E-state index in [2.05, 4.69) is 9.71 Å². The van der Waals surface area contributed by atoms with Crippen molar-refractivity contribution in [2.75, 3.05) is 43.9 Å². The Balaban J connectivity index is 1.54. The van der Waals surface area contributed by atoms with Gasteiger partial charge in [-0.2, -0.15) is 4.31 Å². The lowest BCUT2D eigenvalue weighted by Gasteiger charge is -2.27. The summed E-state index contributed by atoms with van der Waals surface area (Å²) in [5.74, 6) is -0.310. The van der Waals surface area contributed by atoms with Gasteiger partial charge in [-0.1, -0.05) is 6.07 Å². The van der Waals surface area contributed by atoms with E-state index in [9.17, 15) is 21.6 Å². The third kappa shape index (κ3) is 4.56. The van der Waals surface area contributed by atoms with Gasteiger partial charge in [0.05, 0.1) is 29.4 Å². The molecule has 166 valence electrons. The first kappa shape index (κ1) is 21.7. The van der Waals surface area contributed by atoms with Crippen molar-refractivity contribution in [2.24, 2.45) is 4.40 Å². The van der Waals surface area contributed by atoms with Crippen molar-refractivity contribution in [1.82, 2.24) is 9.21 Å². The van der Waals surface area contributed by atoms with E-state index in [0.717, 1.165) is 0 Å². The summed E-state index contributed by atoms with van der Waals surface area (Å²) >= 11 is 0. The normalized spacial score (nSPS) is 21.1. The molecular formula is C19H22N4O6S2. The molecule has 1 amide bonds. The average Bonchev–Trinajstić information content (AvgIpc) is 2.74. The Morgan fingerprint density at radius 3 is 2.65 bits per heavy atom. The molecule has 4 rings (SSSR count). The molecule has 0 saturated carbocycles. The van der Waals surface area contributed by atoms with Crippen molar-refractivity contribution >= 4 is 37.5 Å². The largest absolute Gasteiger partial charge is 0.379 e. The minimum atomic E-state index is -3.71. The van der Waals surface area contributed by atoms with Crippen LogP contribution in [0.2, 0.25) is 0 Å². The number of rotatable bonds is 4. The minimum Gasteiger partial charge on any atom is -0.379 e. The van der Waals surface area contributed by atoms with Gasteiger partial charge < -0.3 is 15.0 Å². The van der Waals surface area contributed by atoms with E-state index >= 15 is 0 Å². The molecule has 0 bridgehead atoms. The molecule has 12 heteroatoms. The van der Waals surface area contributed by atoms with Crippen LogP contribution in [0.5, 0.6) is 0 Å². The van der Waals surface area contributed by atoms with Gasteiger partial charge >= 0.3 is 0 Å². The summed E-state index contributed by atoms with van der Waals surface area (Å²) in [6, 6.07) is 4.73. The molecule has 0 unspecified atom stereocenters. The van der Waals surface area contributed by atoms with Gasteiger partial charge in [-0.15, -0.1) is 4.40 Å². The van der Waals surface area contributed by atoms with Crippen LogP contribution < -0.4 is 5.32 Å². The molecule has 31 heavy (non-hydrogen) atoms. The van der Waals surface area contributed by atoms with Gasteiger partial charge in [-0.05, 0) is 36.8 Å². The molecule has 1 aromatic rings. The number of carbonyl (C=O) groups is 1. The van der Waals surface area contributed by atoms with Crippen LogP contribution in [0.3, 0.4) is 0 Å². The van der Waals surface area contributed by atoms with E-state index in [0.29, 0.717) is 30.0 Å². The van der Waals surface area contributed by atoms with Gasteiger partial charge in [0, 0.05) is 31.5 Å². The predicted molar refractivity (Wildman–Crippen MR) is 115 cm³/mol. The molecule has 3 aliphatic heterocycles. The molecule has 0 spiro atoms. The summed E-state index contributed by atoms with van der Waals surface area (Å²) in [4.78, 5) is 14.5. The summed E-state index contributed by atoms with van der Waals surface area (Å²) in [7, 11) is -7.19. The Morgan fingerprint density at radius 2 is 1.90 bits per heavy atom. The summed E-state index contributed by atoms with van der Waals surface area (Å²) in [5, 5.41) is 2.72. The number of carbonyl (C=O) groups excluding carboxylic acids is 1. The molecule has 0 radical (unpaired) electrons. The fourth-order valence-electron chi connectivity index (χ4n) is 3.42. The van der Waals surface area contributed by atoms with Crippen LogP contribution in [0.1, 0.15) is 5.56 Å². The number of morpholine rings is 1. The van der Waals surface area contributed by atoms with E-state index < -0.39 is 26.0 Å². The number of ether oxygens (including phenoxy) is 1. The van der Waals surface area contributed by atoms with Gasteiger partial charge in [0.2, 0.25) is 10.0 Å². The molecule has 1 aromatic carbocycles. The molecule has 0 aromatic heterocycles. The molecular weight excluding hydrogens is 444 g/mol. The van der Waals surface area contributed by atoms with E-state index in [1.807, 2.05) is 0 Å². The van der Waals surface area contributed by atoms with Gasteiger partial charge in [0.25, 0.3) is 15.9 Å². The maximum Gasteiger partial charge on any atom is 0.257 e. The highest BCUT2D eigenvalue weighted by molar-refractivity contribution is 7.90. The smallest absolute Gasteiger partial charge is 0.257 e. The van der Waals surface area contributed by atoms with E-state index in [1.54, 1.807) is 24.0 Å². The zero-order valence-corrected chi connectivity index (χ0v) is 18.4. The second kappa shape index (κ2) is 8.19. The number of aryl methyl sites for hydroxylation is 1. The molecule has 1 N–H and O–H groups in total. The van der Waals surface area contributed by atoms with Gasteiger partial charge in [0.15, 0.2) is 0 Å². The Bertz CT molecular complexity index is 1210. The first-order valence-electron chi connectivity index (χ1n) is 9.65. The van der Waals surface area contributed by atoms with Crippen LogP contribution >= 0.6 is 0 Å². The minimum absolute atomic E-state index is 0.129. The standard InChI is InChI=1S/C19H22N4O6S2/c1-14-2-4-16(12-17(14)31(27,28)23-6-9-29-10-7-23)20-19(24)15-3-5-18-21-30(25,26)11-8-22(18)13-15/h2-5,12-13H,6-11H2,1H3,(H,20,24). The van der Waals surface area contributed by atoms with Crippen molar-refractivity contribution in [3.63, 3.8) is 0 Å². The number of sulfonamides is 2. The second-order valence-electron chi connectivity index (χ2n) is 7.30. The highest BCUT2D eigenvalue weighted by atomic mass is 32.2. The van der Waals surface area contributed by atoms with Crippen molar-refractivity contribution in [3.05, 3.63) is 47.7 Å². The third-order valence-corrected chi connectivity index (χ3v) is 8.32. The van der Waals surface area contributed by atoms with Crippen molar-refractivity contribution in [2.45, 2.75) is 11.8 Å². The Morgan fingerprint density at radius 1 is 1.16 bits per heavy atom. The SMILES string of the molecule is Cc1ccc(NC(=O)C2=CN3CCS(=O)(=O)N=C3C=C2)cc1S(=O)(=O)N1CCOCC1. The zero-order chi connectivity index (χ0) is 22.2. The first-order valence-corrected chi connectivity index (χ1v) is 12.7. The number of hydrogen-bond donors (Lipinski definition) is 1. The van der Waals surface area contributed by atoms with Crippen molar-refractivity contribution in [3.8, 4) is 0 Å². The Kier molecular flexibility index (Phi) is 5.73. The number of nitrogens with one attached hydrogen (secondary N) is 1. The quantitative estimate of drug-likeness (QED) is 0.683. The van der Waals surface area contributed by atoms with Gasteiger partial charge in [0.1, 0.15) is 5.84 Å². The van der Waals surface area contributed by atoms with E-state index in [1.165, 1.54) is 28.7 Å². The summed E-state index contributed by atoms with van der Waals surface area (Å²) in [5.41, 5.74) is 1.23. The van der Waals surface area contributed by atoms with E-state index in [4.69, 9.17) is 4.74 Å². The molecule has 0 aliphatic carbocycles. The highest BCUT2D eigenvalue weighted by Crippen LogP contribution is 2.25. The third-order valence-electron chi connectivity index (χ3n) is 5.12. The van der Waals surface area contributed by atoms with Crippen molar-refractivity contribution in [1.29, 1.82) is 0 Å². The molecule has 3 aliphatic rings.